The maximum absolute atomic E-state index is 12.4. The Morgan fingerprint density at radius 3 is 2.48 bits per heavy atom. The molecule has 2 aromatic rings. The number of amides is 1. The smallest absolute Gasteiger partial charge is 0.339 e. The fourth-order valence-electron chi connectivity index (χ4n) is 2.44. The van der Waals surface area contributed by atoms with Crippen molar-refractivity contribution in [2.24, 2.45) is 0 Å². The van der Waals surface area contributed by atoms with Crippen LogP contribution in [0.4, 0.5) is 11.4 Å². The molecule has 0 radical (unpaired) electrons. The van der Waals surface area contributed by atoms with E-state index in [1.165, 1.54) is 30.8 Å². The van der Waals surface area contributed by atoms with Gasteiger partial charge in [-0.15, -0.1) is 11.8 Å². The lowest BCUT2D eigenvalue weighted by Gasteiger charge is -2.12. The summed E-state index contributed by atoms with van der Waals surface area (Å²) in [7, 11) is 0. The Hall–Kier alpha value is -3.20. The van der Waals surface area contributed by atoms with Crippen molar-refractivity contribution in [2.75, 3.05) is 17.7 Å². The van der Waals surface area contributed by atoms with Crippen LogP contribution < -0.4 is 5.32 Å². The van der Waals surface area contributed by atoms with Crippen LogP contribution in [-0.2, 0) is 14.3 Å². The second-order valence-corrected chi connectivity index (χ2v) is 7.29. The van der Waals surface area contributed by atoms with Crippen LogP contribution in [0.25, 0.3) is 0 Å². The Kier molecular flexibility index (Phi) is 7.49. The summed E-state index contributed by atoms with van der Waals surface area (Å²) in [5.74, 6) is -1.24. The molecule has 2 rings (SSSR count). The Balaban J connectivity index is 2.07. The SMILES string of the molecule is CC(=O)CSc1ccccc1C(=O)OCC(=O)Nc1c([N+](=O)[O-])ccc(C)c1C. The number of anilines is 1. The van der Waals surface area contributed by atoms with Gasteiger partial charge in [-0.05, 0) is 44.0 Å². The second-order valence-electron chi connectivity index (χ2n) is 6.27. The molecule has 0 bridgehead atoms. The third-order valence-corrected chi connectivity index (χ3v) is 5.27. The summed E-state index contributed by atoms with van der Waals surface area (Å²) < 4.78 is 5.06. The average molecular weight is 416 g/mol. The van der Waals surface area contributed by atoms with Crippen molar-refractivity contribution in [2.45, 2.75) is 25.7 Å². The number of nitro benzene ring substituents is 1. The number of thioether (sulfide) groups is 1. The van der Waals surface area contributed by atoms with Crippen LogP contribution in [0.5, 0.6) is 0 Å². The number of ether oxygens (including phenoxy) is 1. The number of Topliss-reactive ketones (excluding diaryl/α,β-unsaturated/α-hetero) is 1. The van der Waals surface area contributed by atoms with E-state index >= 15 is 0 Å². The minimum Gasteiger partial charge on any atom is -0.452 e. The van der Waals surface area contributed by atoms with Gasteiger partial charge in [-0.25, -0.2) is 4.79 Å². The summed E-state index contributed by atoms with van der Waals surface area (Å²) in [5.41, 5.74) is 1.42. The molecule has 152 valence electrons. The fourth-order valence-corrected chi connectivity index (χ4v) is 3.28. The lowest BCUT2D eigenvalue weighted by atomic mass is 10.1. The molecule has 0 aliphatic carbocycles. The van der Waals surface area contributed by atoms with Gasteiger partial charge in [-0.1, -0.05) is 18.2 Å². The average Bonchev–Trinajstić information content (AvgIpc) is 2.68. The number of carbonyl (C=O) groups is 3. The number of esters is 1. The van der Waals surface area contributed by atoms with Crippen LogP contribution in [-0.4, -0.2) is 34.9 Å². The first-order chi connectivity index (χ1) is 13.7. The van der Waals surface area contributed by atoms with Gasteiger partial charge in [0, 0.05) is 11.0 Å². The van der Waals surface area contributed by atoms with Gasteiger partial charge in [0.15, 0.2) is 6.61 Å². The molecular weight excluding hydrogens is 396 g/mol. The van der Waals surface area contributed by atoms with Gasteiger partial charge in [0.1, 0.15) is 11.5 Å². The van der Waals surface area contributed by atoms with Crippen LogP contribution in [0.3, 0.4) is 0 Å². The fraction of sp³-hybridized carbons (Fsp3) is 0.250. The third kappa shape index (κ3) is 5.89. The van der Waals surface area contributed by atoms with E-state index in [0.717, 1.165) is 5.56 Å². The molecular formula is C20H20N2O6S. The van der Waals surface area contributed by atoms with Crippen molar-refractivity contribution in [3.8, 4) is 0 Å². The van der Waals surface area contributed by atoms with Crippen molar-refractivity contribution >= 4 is 40.8 Å². The zero-order valence-electron chi connectivity index (χ0n) is 16.2. The number of carbonyl (C=O) groups excluding carboxylic acids is 3. The van der Waals surface area contributed by atoms with Crippen molar-refractivity contribution < 1.29 is 24.0 Å². The first-order valence-electron chi connectivity index (χ1n) is 8.63. The van der Waals surface area contributed by atoms with E-state index in [1.807, 2.05) is 0 Å². The number of hydrogen-bond donors (Lipinski definition) is 1. The van der Waals surface area contributed by atoms with E-state index in [0.29, 0.717) is 10.5 Å². The predicted molar refractivity (Wildman–Crippen MR) is 109 cm³/mol. The maximum Gasteiger partial charge on any atom is 0.339 e. The summed E-state index contributed by atoms with van der Waals surface area (Å²) in [6, 6.07) is 9.51. The summed E-state index contributed by atoms with van der Waals surface area (Å²) >= 11 is 1.20. The zero-order valence-corrected chi connectivity index (χ0v) is 17.0. The van der Waals surface area contributed by atoms with E-state index in [4.69, 9.17) is 4.74 Å². The maximum atomic E-state index is 12.4. The van der Waals surface area contributed by atoms with Gasteiger partial charge < -0.3 is 10.1 Å². The monoisotopic (exact) mass is 416 g/mol. The van der Waals surface area contributed by atoms with Crippen LogP contribution >= 0.6 is 11.8 Å². The molecule has 0 unspecified atom stereocenters. The summed E-state index contributed by atoms with van der Waals surface area (Å²) in [4.78, 5) is 46.9. The molecule has 0 saturated carbocycles. The van der Waals surface area contributed by atoms with Crippen LogP contribution in [0.15, 0.2) is 41.3 Å². The molecule has 0 aliphatic heterocycles. The predicted octanol–water partition coefficient (Wildman–Crippen LogP) is 3.69. The molecule has 1 amide bonds. The Morgan fingerprint density at radius 1 is 1.14 bits per heavy atom. The molecule has 0 fully saturated rings. The van der Waals surface area contributed by atoms with E-state index in [1.54, 1.807) is 38.1 Å². The highest BCUT2D eigenvalue weighted by Crippen LogP contribution is 2.30. The molecule has 8 nitrogen and oxygen atoms in total. The van der Waals surface area contributed by atoms with E-state index in [2.05, 4.69) is 5.32 Å². The van der Waals surface area contributed by atoms with Gasteiger partial charge in [0.05, 0.1) is 16.2 Å². The number of rotatable bonds is 8. The second kappa shape index (κ2) is 9.83. The normalized spacial score (nSPS) is 10.3. The number of nitro groups is 1. The zero-order chi connectivity index (χ0) is 21.6. The lowest BCUT2D eigenvalue weighted by molar-refractivity contribution is -0.384. The highest BCUT2D eigenvalue weighted by Gasteiger charge is 2.21. The van der Waals surface area contributed by atoms with Crippen molar-refractivity contribution in [3.63, 3.8) is 0 Å². The number of nitrogens with zero attached hydrogens (tertiary/aromatic N) is 1. The van der Waals surface area contributed by atoms with Crippen LogP contribution in [0.1, 0.15) is 28.4 Å². The Labute approximate surface area is 171 Å². The number of aryl methyl sites for hydroxylation is 1. The number of hydrogen-bond acceptors (Lipinski definition) is 7. The minimum absolute atomic E-state index is 0.0346. The van der Waals surface area contributed by atoms with Gasteiger partial charge in [-0.3, -0.25) is 19.7 Å². The van der Waals surface area contributed by atoms with Gasteiger partial charge in [0.2, 0.25) is 0 Å². The topological polar surface area (TPSA) is 116 Å². The van der Waals surface area contributed by atoms with Crippen molar-refractivity contribution in [1.29, 1.82) is 0 Å². The highest BCUT2D eigenvalue weighted by molar-refractivity contribution is 8.00. The van der Waals surface area contributed by atoms with Gasteiger partial charge >= 0.3 is 5.97 Å². The largest absolute Gasteiger partial charge is 0.452 e. The minimum atomic E-state index is -0.720. The molecule has 1 N–H and O–H groups in total. The quantitative estimate of drug-likeness (QED) is 0.302. The molecule has 0 aliphatic rings. The standard InChI is InChI=1S/C20H20N2O6S/c1-12-8-9-16(22(26)27)19(14(12)3)21-18(24)10-28-20(25)15-6-4-5-7-17(15)29-11-13(2)23/h4-9H,10-11H2,1-3H3,(H,21,24). The van der Waals surface area contributed by atoms with Crippen molar-refractivity contribution in [1.82, 2.24) is 0 Å². The molecule has 0 aromatic heterocycles. The first kappa shape index (κ1) is 22.1. The van der Waals surface area contributed by atoms with Crippen LogP contribution in [0.2, 0.25) is 0 Å². The van der Waals surface area contributed by atoms with E-state index < -0.39 is 23.4 Å². The third-order valence-electron chi connectivity index (χ3n) is 4.05. The molecule has 29 heavy (non-hydrogen) atoms. The molecule has 0 spiro atoms. The van der Waals surface area contributed by atoms with Crippen molar-refractivity contribution in [3.05, 3.63) is 63.2 Å². The number of benzene rings is 2. The summed E-state index contributed by atoms with van der Waals surface area (Å²) in [6.07, 6.45) is 0. The first-order valence-corrected chi connectivity index (χ1v) is 9.62. The molecule has 9 heteroatoms. The molecule has 0 heterocycles. The summed E-state index contributed by atoms with van der Waals surface area (Å²) in [5, 5.41) is 13.7. The molecule has 2 aromatic carbocycles. The molecule has 0 atom stereocenters. The van der Waals surface area contributed by atoms with Crippen LogP contribution in [0, 0.1) is 24.0 Å². The number of nitrogens with one attached hydrogen (secondary N) is 1. The Bertz CT molecular complexity index is 973. The Morgan fingerprint density at radius 2 is 1.83 bits per heavy atom. The van der Waals surface area contributed by atoms with E-state index in [-0.39, 0.29) is 28.5 Å². The van der Waals surface area contributed by atoms with Gasteiger partial charge in [-0.2, -0.15) is 0 Å². The van der Waals surface area contributed by atoms with E-state index in [9.17, 15) is 24.5 Å². The summed E-state index contributed by atoms with van der Waals surface area (Å²) in [6.45, 7) is 4.27. The van der Waals surface area contributed by atoms with Gasteiger partial charge in [0.25, 0.3) is 11.6 Å². The lowest BCUT2D eigenvalue weighted by Crippen LogP contribution is -2.22. The number of ketones is 1. The highest BCUT2D eigenvalue weighted by atomic mass is 32.2. The molecule has 0 saturated heterocycles.